The van der Waals surface area contributed by atoms with Gasteiger partial charge in [-0.2, -0.15) is 0 Å². The van der Waals surface area contributed by atoms with Crippen molar-refractivity contribution in [3.05, 3.63) is 29.3 Å². The van der Waals surface area contributed by atoms with Gasteiger partial charge in [0.25, 0.3) is 0 Å². The summed E-state index contributed by atoms with van der Waals surface area (Å²) in [6.07, 6.45) is 6.43. The van der Waals surface area contributed by atoms with Gasteiger partial charge in [-0.1, -0.05) is 25.8 Å². The van der Waals surface area contributed by atoms with Gasteiger partial charge >= 0.3 is 0 Å². The number of terminal acetylenes is 1. The van der Waals surface area contributed by atoms with Crippen molar-refractivity contribution in [1.29, 1.82) is 0 Å². The molecule has 0 aromatic heterocycles. The second-order valence-electron chi connectivity index (χ2n) is 5.78. The highest BCUT2D eigenvalue weighted by molar-refractivity contribution is 5.48. The highest BCUT2D eigenvalue weighted by Gasteiger charge is 2.38. The minimum Gasteiger partial charge on any atom is -0.487 e. The average molecular weight is 214 g/mol. The van der Waals surface area contributed by atoms with Crippen LogP contribution >= 0.6 is 0 Å². The SMILES string of the molecule is C#Cc1ccc2c(c1)OC(C)(C)CC2(C)C. The van der Waals surface area contributed by atoms with E-state index in [1.54, 1.807) is 0 Å². The van der Waals surface area contributed by atoms with E-state index in [-0.39, 0.29) is 11.0 Å². The summed E-state index contributed by atoms with van der Waals surface area (Å²) in [5, 5.41) is 0. The van der Waals surface area contributed by atoms with E-state index in [1.165, 1.54) is 5.56 Å². The van der Waals surface area contributed by atoms with Crippen molar-refractivity contribution < 1.29 is 4.74 Å². The minimum atomic E-state index is -0.121. The topological polar surface area (TPSA) is 9.23 Å². The fraction of sp³-hybridized carbons (Fsp3) is 0.467. The molecule has 0 atom stereocenters. The predicted octanol–water partition coefficient (Wildman–Crippen LogP) is 3.51. The van der Waals surface area contributed by atoms with Crippen LogP contribution in [0.25, 0.3) is 0 Å². The summed E-state index contributed by atoms with van der Waals surface area (Å²) in [4.78, 5) is 0. The van der Waals surface area contributed by atoms with Crippen LogP contribution in [0.3, 0.4) is 0 Å². The molecule has 0 radical (unpaired) electrons. The molecule has 2 rings (SSSR count). The highest BCUT2D eigenvalue weighted by atomic mass is 16.5. The molecule has 0 fully saturated rings. The molecule has 0 N–H and O–H groups in total. The minimum absolute atomic E-state index is 0.121. The van der Waals surface area contributed by atoms with Crippen molar-refractivity contribution in [2.75, 3.05) is 0 Å². The van der Waals surface area contributed by atoms with E-state index >= 15 is 0 Å². The van der Waals surface area contributed by atoms with Gasteiger partial charge in [-0.3, -0.25) is 0 Å². The first-order valence-electron chi connectivity index (χ1n) is 5.64. The number of hydrogen-bond acceptors (Lipinski definition) is 1. The van der Waals surface area contributed by atoms with Crippen molar-refractivity contribution in [1.82, 2.24) is 0 Å². The Kier molecular flexibility index (Phi) is 2.27. The summed E-state index contributed by atoms with van der Waals surface area (Å²) >= 11 is 0. The molecule has 1 nitrogen and oxygen atoms in total. The Hall–Kier alpha value is -1.42. The predicted molar refractivity (Wildman–Crippen MR) is 66.7 cm³/mol. The van der Waals surface area contributed by atoms with Crippen LogP contribution in [0.15, 0.2) is 18.2 Å². The zero-order valence-electron chi connectivity index (χ0n) is 10.4. The lowest BCUT2D eigenvalue weighted by Crippen LogP contribution is -2.41. The Balaban J connectivity index is 2.56. The highest BCUT2D eigenvalue weighted by Crippen LogP contribution is 2.44. The molecule has 0 saturated carbocycles. The third kappa shape index (κ3) is 1.80. The van der Waals surface area contributed by atoms with E-state index in [2.05, 4.69) is 39.7 Å². The van der Waals surface area contributed by atoms with E-state index in [1.807, 2.05) is 12.1 Å². The maximum atomic E-state index is 6.00. The van der Waals surface area contributed by atoms with Crippen molar-refractivity contribution in [2.24, 2.45) is 0 Å². The van der Waals surface area contributed by atoms with E-state index in [9.17, 15) is 0 Å². The van der Waals surface area contributed by atoms with Gasteiger partial charge in [0.1, 0.15) is 11.4 Å². The molecular weight excluding hydrogens is 196 g/mol. The molecule has 1 aliphatic heterocycles. The summed E-state index contributed by atoms with van der Waals surface area (Å²) in [6, 6.07) is 6.06. The molecule has 0 unspecified atom stereocenters. The summed E-state index contributed by atoms with van der Waals surface area (Å²) < 4.78 is 6.00. The second-order valence-corrected chi connectivity index (χ2v) is 5.78. The molecule has 1 aliphatic rings. The number of hydrogen-bond donors (Lipinski definition) is 0. The molecule has 0 bridgehead atoms. The fourth-order valence-electron chi connectivity index (χ4n) is 2.75. The number of benzene rings is 1. The molecule has 1 heteroatoms. The number of rotatable bonds is 0. The quantitative estimate of drug-likeness (QED) is 0.600. The van der Waals surface area contributed by atoms with Crippen LogP contribution < -0.4 is 4.74 Å². The van der Waals surface area contributed by atoms with Crippen LogP contribution in [0.5, 0.6) is 5.75 Å². The molecule has 1 heterocycles. The molecule has 1 aromatic rings. The van der Waals surface area contributed by atoms with Crippen LogP contribution in [0.4, 0.5) is 0 Å². The van der Waals surface area contributed by atoms with Gasteiger partial charge in [-0.15, -0.1) is 6.42 Å². The largest absolute Gasteiger partial charge is 0.487 e. The summed E-state index contributed by atoms with van der Waals surface area (Å²) in [7, 11) is 0. The van der Waals surface area contributed by atoms with E-state index in [0.29, 0.717) is 0 Å². The maximum Gasteiger partial charge on any atom is 0.125 e. The lowest BCUT2D eigenvalue weighted by atomic mass is 9.73. The van der Waals surface area contributed by atoms with Crippen molar-refractivity contribution in [2.45, 2.75) is 45.1 Å². The van der Waals surface area contributed by atoms with Gasteiger partial charge in [0.05, 0.1) is 0 Å². The Morgan fingerprint density at radius 2 is 1.94 bits per heavy atom. The smallest absolute Gasteiger partial charge is 0.125 e. The van der Waals surface area contributed by atoms with Gasteiger partial charge in [0, 0.05) is 11.1 Å². The standard InChI is InChI=1S/C15H18O/c1-6-11-7-8-12-13(9-11)16-15(4,5)10-14(12,2)3/h1,7-9H,10H2,2-5H3. The monoisotopic (exact) mass is 214 g/mol. The van der Waals surface area contributed by atoms with Crippen molar-refractivity contribution in [3.63, 3.8) is 0 Å². The van der Waals surface area contributed by atoms with Crippen LogP contribution in [-0.4, -0.2) is 5.60 Å². The number of ether oxygens (including phenoxy) is 1. The zero-order chi connectivity index (χ0) is 12.0. The lowest BCUT2D eigenvalue weighted by Gasteiger charge is -2.42. The Labute approximate surface area is 97.8 Å². The van der Waals surface area contributed by atoms with E-state index in [0.717, 1.165) is 17.7 Å². The first-order valence-corrected chi connectivity index (χ1v) is 5.64. The van der Waals surface area contributed by atoms with Crippen LogP contribution in [0.2, 0.25) is 0 Å². The van der Waals surface area contributed by atoms with Crippen LogP contribution in [-0.2, 0) is 5.41 Å². The van der Waals surface area contributed by atoms with Crippen LogP contribution in [0.1, 0.15) is 45.2 Å². The molecule has 0 saturated heterocycles. The Morgan fingerprint density at radius 1 is 1.25 bits per heavy atom. The van der Waals surface area contributed by atoms with E-state index < -0.39 is 0 Å². The first kappa shape index (κ1) is 11.1. The van der Waals surface area contributed by atoms with Gasteiger partial charge in [-0.05, 0) is 37.8 Å². The molecule has 0 spiro atoms. The molecular formula is C15H18O. The Morgan fingerprint density at radius 3 is 2.56 bits per heavy atom. The van der Waals surface area contributed by atoms with Crippen molar-refractivity contribution in [3.8, 4) is 18.1 Å². The average Bonchev–Trinajstić information content (AvgIpc) is 2.13. The molecule has 0 amide bonds. The molecule has 1 aromatic carbocycles. The van der Waals surface area contributed by atoms with Gasteiger partial charge in [0.2, 0.25) is 0 Å². The molecule has 0 aliphatic carbocycles. The first-order chi connectivity index (χ1) is 7.34. The molecule has 16 heavy (non-hydrogen) atoms. The summed E-state index contributed by atoms with van der Waals surface area (Å²) in [6.45, 7) is 8.76. The lowest BCUT2D eigenvalue weighted by molar-refractivity contribution is 0.0534. The molecule has 84 valence electrons. The normalized spacial score (nSPS) is 20.4. The number of fused-ring (bicyclic) bond motifs is 1. The van der Waals surface area contributed by atoms with Crippen molar-refractivity contribution >= 4 is 0 Å². The summed E-state index contributed by atoms with van der Waals surface area (Å²) in [5.74, 6) is 3.59. The Bertz CT molecular complexity index is 461. The fourth-order valence-corrected chi connectivity index (χ4v) is 2.75. The second kappa shape index (κ2) is 3.28. The summed E-state index contributed by atoms with van der Waals surface area (Å²) in [5.41, 5.74) is 2.16. The zero-order valence-corrected chi connectivity index (χ0v) is 10.4. The van der Waals surface area contributed by atoms with Gasteiger partial charge in [-0.25, -0.2) is 0 Å². The van der Waals surface area contributed by atoms with E-state index in [4.69, 9.17) is 11.2 Å². The van der Waals surface area contributed by atoms with Gasteiger partial charge in [0.15, 0.2) is 0 Å². The third-order valence-electron chi connectivity index (χ3n) is 3.13. The van der Waals surface area contributed by atoms with Crippen LogP contribution in [0, 0.1) is 12.3 Å². The maximum absolute atomic E-state index is 6.00. The van der Waals surface area contributed by atoms with Gasteiger partial charge < -0.3 is 4.74 Å². The third-order valence-corrected chi connectivity index (χ3v) is 3.13.